The van der Waals surface area contributed by atoms with E-state index in [4.69, 9.17) is 0 Å². The topological polar surface area (TPSA) is 32.3 Å². The van der Waals surface area contributed by atoms with Crippen molar-refractivity contribution in [2.24, 2.45) is 5.92 Å². The molecule has 0 radical (unpaired) electrons. The van der Waals surface area contributed by atoms with Crippen molar-refractivity contribution in [3.05, 3.63) is 24.3 Å². The maximum Gasteiger partial charge on any atom is 0.321 e. The smallest absolute Gasteiger partial charge is 0.321 e. The molecule has 0 bridgehead atoms. The Kier molecular flexibility index (Phi) is 5.14. The number of hydrogen-bond acceptors (Lipinski definition) is 2. The molecule has 0 saturated carbocycles. The molecule has 3 nitrogen and oxygen atoms in total. The maximum atomic E-state index is 12.2. The molecule has 1 fully saturated rings. The summed E-state index contributed by atoms with van der Waals surface area (Å²) in [6, 6.07) is 8.03. The predicted octanol–water partition coefficient (Wildman–Crippen LogP) is 4.06. The van der Waals surface area contributed by atoms with Gasteiger partial charge >= 0.3 is 6.03 Å². The summed E-state index contributed by atoms with van der Waals surface area (Å²) in [6.07, 6.45) is 5.58. The van der Waals surface area contributed by atoms with Gasteiger partial charge in [-0.25, -0.2) is 4.79 Å². The van der Waals surface area contributed by atoms with Gasteiger partial charge in [-0.2, -0.15) is 0 Å². The van der Waals surface area contributed by atoms with Crippen LogP contribution in [-0.4, -0.2) is 30.3 Å². The lowest BCUT2D eigenvalue weighted by atomic mass is 9.96. The van der Waals surface area contributed by atoms with Crippen molar-refractivity contribution >= 4 is 23.5 Å². The number of carbonyl (C=O) groups excluding carboxylic acids is 1. The van der Waals surface area contributed by atoms with Gasteiger partial charge in [0.1, 0.15) is 0 Å². The van der Waals surface area contributed by atoms with Gasteiger partial charge in [-0.05, 0) is 49.3 Å². The third-order valence-corrected chi connectivity index (χ3v) is 4.47. The monoisotopic (exact) mass is 278 g/mol. The van der Waals surface area contributed by atoms with Crippen molar-refractivity contribution < 1.29 is 4.79 Å². The summed E-state index contributed by atoms with van der Waals surface area (Å²) in [5.41, 5.74) is 0.876. The number of piperidine rings is 1. The second-order valence-electron chi connectivity index (χ2n) is 5.02. The van der Waals surface area contributed by atoms with Gasteiger partial charge in [0, 0.05) is 23.7 Å². The SMILES string of the molecule is CC[C@H]1CCCN(C(=O)Nc2ccc(SC)cc2)C1. The minimum Gasteiger partial charge on any atom is -0.324 e. The fourth-order valence-electron chi connectivity index (χ4n) is 2.46. The van der Waals surface area contributed by atoms with E-state index in [0.717, 1.165) is 31.6 Å². The highest BCUT2D eigenvalue weighted by molar-refractivity contribution is 7.98. The number of rotatable bonds is 3. The number of urea groups is 1. The number of nitrogens with zero attached hydrogens (tertiary/aromatic N) is 1. The molecule has 1 aliphatic heterocycles. The summed E-state index contributed by atoms with van der Waals surface area (Å²) in [6.45, 7) is 3.98. The number of thioether (sulfide) groups is 1. The average Bonchev–Trinajstić information content (AvgIpc) is 2.48. The van der Waals surface area contributed by atoms with Gasteiger partial charge in [0.05, 0.1) is 0 Å². The van der Waals surface area contributed by atoms with Crippen LogP contribution in [0.4, 0.5) is 10.5 Å². The Balaban J connectivity index is 1.92. The van der Waals surface area contributed by atoms with E-state index in [9.17, 15) is 4.79 Å². The van der Waals surface area contributed by atoms with Gasteiger partial charge in [-0.1, -0.05) is 13.3 Å². The van der Waals surface area contributed by atoms with Crippen molar-refractivity contribution in [2.75, 3.05) is 24.7 Å². The highest BCUT2D eigenvalue weighted by atomic mass is 32.2. The summed E-state index contributed by atoms with van der Waals surface area (Å²) < 4.78 is 0. The largest absolute Gasteiger partial charge is 0.324 e. The van der Waals surface area contributed by atoms with Crippen LogP contribution in [0.2, 0.25) is 0 Å². The van der Waals surface area contributed by atoms with Crippen molar-refractivity contribution in [1.82, 2.24) is 4.90 Å². The lowest BCUT2D eigenvalue weighted by molar-refractivity contribution is 0.176. The standard InChI is InChI=1S/C15H22N2OS/c1-3-12-5-4-10-17(11-12)15(18)16-13-6-8-14(19-2)9-7-13/h6-9,12H,3-5,10-11H2,1-2H3,(H,16,18)/t12-/m0/s1. The second kappa shape index (κ2) is 6.85. The normalized spacial score (nSPS) is 19.3. The minimum absolute atomic E-state index is 0.0371. The van der Waals surface area contributed by atoms with Crippen LogP contribution in [0.1, 0.15) is 26.2 Å². The molecule has 0 unspecified atom stereocenters. The summed E-state index contributed by atoms with van der Waals surface area (Å²) in [5.74, 6) is 0.665. The molecule has 1 atom stereocenters. The Hall–Kier alpha value is -1.16. The van der Waals surface area contributed by atoms with E-state index in [-0.39, 0.29) is 6.03 Å². The van der Waals surface area contributed by atoms with Crippen LogP contribution in [-0.2, 0) is 0 Å². The molecule has 1 aliphatic rings. The van der Waals surface area contributed by atoms with Gasteiger partial charge < -0.3 is 10.2 Å². The molecule has 0 aliphatic carbocycles. The fraction of sp³-hybridized carbons (Fsp3) is 0.533. The van der Waals surface area contributed by atoms with Gasteiger partial charge in [0.25, 0.3) is 0 Å². The first-order valence-corrected chi connectivity index (χ1v) is 8.15. The van der Waals surface area contributed by atoms with Crippen molar-refractivity contribution in [1.29, 1.82) is 0 Å². The van der Waals surface area contributed by atoms with Crippen LogP contribution in [0.3, 0.4) is 0 Å². The number of likely N-dealkylation sites (tertiary alicyclic amines) is 1. The molecule has 1 saturated heterocycles. The molecule has 0 aromatic heterocycles. The first-order valence-electron chi connectivity index (χ1n) is 6.93. The summed E-state index contributed by atoms with van der Waals surface area (Å²) >= 11 is 1.70. The summed E-state index contributed by atoms with van der Waals surface area (Å²) in [7, 11) is 0. The quantitative estimate of drug-likeness (QED) is 0.846. The highest BCUT2D eigenvalue weighted by Gasteiger charge is 2.22. The van der Waals surface area contributed by atoms with Crippen molar-refractivity contribution in [2.45, 2.75) is 31.1 Å². The number of hydrogen-bond donors (Lipinski definition) is 1. The molecule has 1 aromatic rings. The number of nitrogens with one attached hydrogen (secondary N) is 1. The van der Waals surface area contributed by atoms with Gasteiger partial charge in [0.2, 0.25) is 0 Å². The second-order valence-corrected chi connectivity index (χ2v) is 5.90. The fourth-order valence-corrected chi connectivity index (χ4v) is 2.87. The van der Waals surface area contributed by atoms with Gasteiger partial charge in [-0.3, -0.25) is 0 Å². The molecule has 104 valence electrons. The van der Waals surface area contributed by atoms with Crippen molar-refractivity contribution in [3.8, 4) is 0 Å². The van der Waals surface area contributed by atoms with Crippen LogP contribution in [0.25, 0.3) is 0 Å². The lowest BCUT2D eigenvalue weighted by Crippen LogP contribution is -2.42. The van der Waals surface area contributed by atoms with E-state index in [1.165, 1.54) is 11.3 Å². The van der Waals surface area contributed by atoms with E-state index in [2.05, 4.69) is 12.2 Å². The molecule has 1 aromatic carbocycles. The molecule has 19 heavy (non-hydrogen) atoms. The maximum absolute atomic E-state index is 12.2. The number of amides is 2. The minimum atomic E-state index is 0.0371. The number of benzene rings is 1. The van der Waals surface area contributed by atoms with Crippen LogP contribution in [0, 0.1) is 5.92 Å². The molecular weight excluding hydrogens is 256 g/mol. The Morgan fingerprint density at radius 2 is 2.16 bits per heavy atom. The lowest BCUT2D eigenvalue weighted by Gasteiger charge is -2.32. The zero-order valence-corrected chi connectivity index (χ0v) is 12.5. The predicted molar refractivity (Wildman–Crippen MR) is 81.8 cm³/mol. The van der Waals surface area contributed by atoms with Crippen LogP contribution in [0.5, 0.6) is 0 Å². The van der Waals surface area contributed by atoms with E-state index >= 15 is 0 Å². The van der Waals surface area contributed by atoms with Crippen molar-refractivity contribution in [3.63, 3.8) is 0 Å². The third-order valence-electron chi connectivity index (χ3n) is 3.72. The van der Waals surface area contributed by atoms with Crippen LogP contribution < -0.4 is 5.32 Å². The number of carbonyl (C=O) groups is 1. The van der Waals surface area contributed by atoms with E-state index in [1.807, 2.05) is 35.4 Å². The zero-order valence-electron chi connectivity index (χ0n) is 11.7. The molecule has 1 heterocycles. The van der Waals surface area contributed by atoms with E-state index in [0.29, 0.717) is 5.92 Å². The Labute approximate surface area is 119 Å². The molecule has 0 spiro atoms. The van der Waals surface area contributed by atoms with E-state index in [1.54, 1.807) is 11.8 Å². The first kappa shape index (κ1) is 14.3. The zero-order chi connectivity index (χ0) is 13.7. The Bertz CT molecular complexity index is 419. The number of anilines is 1. The van der Waals surface area contributed by atoms with Gasteiger partial charge in [0.15, 0.2) is 0 Å². The van der Waals surface area contributed by atoms with Crippen LogP contribution in [0.15, 0.2) is 29.2 Å². The first-order chi connectivity index (χ1) is 9.22. The van der Waals surface area contributed by atoms with Gasteiger partial charge in [-0.15, -0.1) is 11.8 Å². The Morgan fingerprint density at radius 1 is 1.42 bits per heavy atom. The molecule has 1 N–H and O–H groups in total. The summed E-state index contributed by atoms with van der Waals surface area (Å²) in [5, 5.41) is 2.99. The van der Waals surface area contributed by atoms with Crippen LogP contribution >= 0.6 is 11.8 Å². The van der Waals surface area contributed by atoms with E-state index < -0.39 is 0 Å². The molecule has 2 amide bonds. The highest BCUT2D eigenvalue weighted by Crippen LogP contribution is 2.21. The molecule has 4 heteroatoms. The summed E-state index contributed by atoms with van der Waals surface area (Å²) in [4.78, 5) is 15.3. The molecular formula is C15H22N2OS. The third kappa shape index (κ3) is 3.90. The Morgan fingerprint density at radius 3 is 2.79 bits per heavy atom. The molecule has 2 rings (SSSR count). The average molecular weight is 278 g/mol.